The van der Waals surface area contributed by atoms with Crippen LogP contribution in [-0.2, 0) is 7.05 Å². The van der Waals surface area contributed by atoms with Gasteiger partial charge in [-0.25, -0.2) is 4.98 Å². The summed E-state index contributed by atoms with van der Waals surface area (Å²) in [5.41, 5.74) is 2.84. The van der Waals surface area contributed by atoms with Crippen LogP contribution in [0.5, 0.6) is 0 Å². The third-order valence-corrected chi connectivity index (χ3v) is 4.59. The summed E-state index contributed by atoms with van der Waals surface area (Å²) in [5, 5.41) is 3.01. The van der Waals surface area contributed by atoms with Crippen LogP contribution < -0.4 is 5.32 Å². The van der Waals surface area contributed by atoms with Gasteiger partial charge >= 0.3 is 0 Å². The van der Waals surface area contributed by atoms with E-state index in [0.717, 1.165) is 25.3 Å². The molecule has 0 saturated carbocycles. The van der Waals surface area contributed by atoms with Crippen LogP contribution in [0, 0.1) is 6.92 Å². The zero-order valence-electron chi connectivity index (χ0n) is 13.8. The molecule has 0 radical (unpaired) electrons. The fourth-order valence-corrected chi connectivity index (χ4v) is 3.32. The first-order valence-corrected chi connectivity index (χ1v) is 8.18. The van der Waals surface area contributed by atoms with Gasteiger partial charge < -0.3 is 14.8 Å². The highest BCUT2D eigenvalue weighted by Gasteiger charge is 2.23. The van der Waals surface area contributed by atoms with Gasteiger partial charge in [0, 0.05) is 26.7 Å². The van der Waals surface area contributed by atoms with Crippen LogP contribution >= 0.6 is 0 Å². The van der Waals surface area contributed by atoms with Crippen molar-refractivity contribution in [2.75, 3.05) is 26.2 Å². The van der Waals surface area contributed by atoms with Gasteiger partial charge in [0.1, 0.15) is 5.69 Å². The van der Waals surface area contributed by atoms with Gasteiger partial charge in [-0.2, -0.15) is 0 Å². The summed E-state index contributed by atoms with van der Waals surface area (Å²) in [4.78, 5) is 18.8. The number of amides is 1. The van der Waals surface area contributed by atoms with Gasteiger partial charge in [0.05, 0.1) is 12.0 Å². The van der Waals surface area contributed by atoms with Crippen molar-refractivity contribution in [1.29, 1.82) is 0 Å². The number of imidazole rings is 1. The third kappa shape index (κ3) is 3.62. The van der Waals surface area contributed by atoms with Gasteiger partial charge in [-0.05, 0) is 31.4 Å². The maximum atomic E-state index is 12.2. The third-order valence-electron chi connectivity index (χ3n) is 4.59. The number of nitrogens with zero attached hydrogens (tertiary/aromatic N) is 3. The van der Waals surface area contributed by atoms with E-state index in [4.69, 9.17) is 0 Å². The largest absolute Gasteiger partial charge is 0.349 e. The van der Waals surface area contributed by atoms with Crippen LogP contribution in [0.4, 0.5) is 0 Å². The van der Waals surface area contributed by atoms with Crippen LogP contribution in [-0.4, -0.2) is 46.5 Å². The summed E-state index contributed by atoms with van der Waals surface area (Å²) in [5.74, 6) is 0.576. The molecule has 1 fully saturated rings. The van der Waals surface area contributed by atoms with E-state index >= 15 is 0 Å². The molecule has 1 N–H and O–H groups in total. The molecule has 122 valence electrons. The van der Waals surface area contributed by atoms with E-state index in [9.17, 15) is 4.79 Å². The zero-order valence-corrected chi connectivity index (χ0v) is 13.8. The number of nitrogens with one attached hydrogen (secondary N) is 1. The summed E-state index contributed by atoms with van der Waals surface area (Å²) in [6, 6.07) is 10.7. The molecule has 1 aromatic heterocycles. The Labute approximate surface area is 137 Å². The summed E-state index contributed by atoms with van der Waals surface area (Å²) in [6.45, 7) is 5.60. The van der Waals surface area contributed by atoms with E-state index in [-0.39, 0.29) is 5.91 Å². The monoisotopic (exact) mass is 312 g/mol. The molecule has 5 nitrogen and oxygen atoms in total. The smallest absolute Gasteiger partial charge is 0.269 e. The molecular formula is C18H24N4O. The Kier molecular flexibility index (Phi) is 4.76. The van der Waals surface area contributed by atoms with Crippen LogP contribution in [0.25, 0.3) is 0 Å². The van der Waals surface area contributed by atoms with Crippen LogP contribution in [0.2, 0.25) is 0 Å². The highest BCUT2D eigenvalue weighted by molar-refractivity contribution is 5.93. The van der Waals surface area contributed by atoms with Gasteiger partial charge in [0.15, 0.2) is 0 Å². The number of rotatable bonds is 5. The van der Waals surface area contributed by atoms with E-state index in [2.05, 4.69) is 45.5 Å². The molecule has 1 aliphatic rings. The van der Waals surface area contributed by atoms with E-state index in [1.165, 1.54) is 12.0 Å². The van der Waals surface area contributed by atoms with Crippen molar-refractivity contribution in [3.8, 4) is 0 Å². The summed E-state index contributed by atoms with van der Waals surface area (Å²) < 4.78 is 1.77. The minimum Gasteiger partial charge on any atom is -0.349 e. The molecule has 0 spiro atoms. The first-order valence-electron chi connectivity index (χ1n) is 8.18. The number of hydrogen-bond acceptors (Lipinski definition) is 3. The molecule has 23 heavy (non-hydrogen) atoms. The van der Waals surface area contributed by atoms with E-state index < -0.39 is 0 Å². The normalized spacial score (nSPS) is 18.3. The van der Waals surface area contributed by atoms with Crippen LogP contribution in [0.15, 0.2) is 36.7 Å². The second kappa shape index (κ2) is 6.96. The number of likely N-dealkylation sites (tertiary alicyclic amines) is 1. The average Bonchev–Trinajstić information content (AvgIpc) is 3.15. The maximum absolute atomic E-state index is 12.2. The molecule has 1 atom stereocenters. The highest BCUT2D eigenvalue weighted by atomic mass is 16.2. The fourth-order valence-electron chi connectivity index (χ4n) is 3.32. The molecule has 0 unspecified atom stereocenters. The number of aryl methyl sites for hydroxylation is 2. The van der Waals surface area contributed by atoms with E-state index in [1.54, 1.807) is 10.9 Å². The number of carbonyl (C=O) groups is 1. The summed E-state index contributed by atoms with van der Waals surface area (Å²) in [6.07, 6.45) is 2.87. The molecule has 1 saturated heterocycles. The minimum absolute atomic E-state index is 0.0405. The number of aromatic nitrogens is 2. The Balaban J connectivity index is 1.46. The lowest BCUT2D eigenvalue weighted by molar-refractivity contribution is 0.0941. The predicted molar refractivity (Wildman–Crippen MR) is 90.5 cm³/mol. The Bertz CT molecular complexity index is 645. The second-order valence-electron chi connectivity index (χ2n) is 6.24. The molecule has 0 bridgehead atoms. The Hall–Kier alpha value is -2.14. The molecule has 5 heteroatoms. The van der Waals surface area contributed by atoms with Gasteiger partial charge in [0.2, 0.25) is 0 Å². The van der Waals surface area contributed by atoms with E-state index in [1.807, 2.05) is 14.0 Å². The van der Waals surface area contributed by atoms with Gasteiger partial charge in [-0.15, -0.1) is 0 Å². The molecule has 1 aliphatic heterocycles. The number of benzene rings is 1. The van der Waals surface area contributed by atoms with Gasteiger partial charge in [-0.3, -0.25) is 4.79 Å². The van der Waals surface area contributed by atoms with Crippen molar-refractivity contribution >= 4 is 5.91 Å². The topological polar surface area (TPSA) is 50.2 Å². The highest BCUT2D eigenvalue weighted by Crippen LogP contribution is 2.26. The maximum Gasteiger partial charge on any atom is 0.269 e. The lowest BCUT2D eigenvalue weighted by Gasteiger charge is -2.16. The first-order chi connectivity index (χ1) is 11.1. The zero-order chi connectivity index (χ0) is 16.2. The lowest BCUT2D eigenvalue weighted by atomic mass is 9.99. The van der Waals surface area contributed by atoms with E-state index in [0.29, 0.717) is 18.2 Å². The Morgan fingerprint density at radius 2 is 2.13 bits per heavy atom. The Morgan fingerprint density at radius 3 is 2.83 bits per heavy atom. The summed E-state index contributed by atoms with van der Waals surface area (Å²) >= 11 is 0. The van der Waals surface area contributed by atoms with Crippen molar-refractivity contribution in [2.45, 2.75) is 19.3 Å². The standard InChI is InChI=1S/C18H24N4O/c1-14-17(21(2)13-20-14)18(23)19-9-11-22-10-8-16(12-22)15-6-4-3-5-7-15/h3-7,13,16H,8-12H2,1-2H3,(H,19,23)/t16-/m0/s1. The first kappa shape index (κ1) is 15.7. The Morgan fingerprint density at radius 1 is 1.35 bits per heavy atom. The predicted octanol–water partition coefficient (Wildman–Crippen LogP) is 1.95. The van der Waals surface area contributed by atoms with Crippen molar-refractivity contribution in [3.63, 3.8) is 0 Å². The lowest BCUT2D eigenvalue weighted by Crippen LogP contribution is -2.34. The van der Waals surface area contributed by atoms with Crippen LogP contribution in [0.1, 0.15) is 34.1 Å². The van der Waals surface area contributed by atoms with Gasteiger partial charge in [-0.1, -0.05) is 30.3 Å². The average molecular weight is 312 g/mol. The van der Waals surface area contributed by atoms with Crippen molar-refractivity contribution in [1.82, 2.24) is 19.8 Å². The van der Waals surface area contributed by atoms with Crippen molar-refractivity contribution in [2.24, 2.45) is 7.05 Å². The van der Waals surface area contributed by atoms with Crippen LogP contribution in [0.3, 0.4) is 0 Å². The number of hydrogen-bond donors (Lipinski definition) is 1. The van der Waals surface area contributed by atoms with Crippen molar-refractivity contribution < 1.29 is 4.79 Å². The number of carbonyl (C=O) groups excluding carboxylic acids is 1. The molecular weight excluding hydrogens is 288 g/mol. The fraction of sp³-hybridized carbons (Fsp3) is 0.444. The van der Waals surface area contributed by atoms with Gasteiger partial charge in [0.25, 0.3) is 5.91 Å². The molecule has 1 amide bonds. The SMILES string of the molecule is Cc1ncn(C)c1C(=O)NCCN1CC[C@H](c2ccccc2)C1. The summed E-state index contributed by atoms with van der Waals surface area (Å²) in [7, 11) is 1.85. The molecule has 2 aromatic rings. The van der Waals surface area contributed by atoms with Crippen molar-refractivity contribution in [3.05, 3.63) is 53.6 Å². The molecule has 0 aliphatic carbocycles. The quantitative estimate of drug-likeness (QED) is 0.918. The molecule has 2 heterocycles. The molecule has 3 rings (SSSR count). The second-order valence-corrected chi connectivity index (χ2v) is 6.24. The molecule has 1 aromatic carbocycles. The minimum atomic E-state index is -0.0405.